The molecule has 24 heavy (non-hydrogen) atoms. The third kappa shape index (κ3) is 3.47. The summed E-state index contributed by atoms with van der Waals surface area (Å²) in [5.74, 6) is 1.34. The zero-order valence-electron chi connectivity index (χ0n) is 14.9. The first-order valence-electron chi connectivity index (χ1n) is 8.94. The summed E-state index contributed by atoms with van der Waals surface area (Å²) >= 11 is 0. The van der Waals surface area contributed by atoms with Gasteiger partial charge in [0.05, 0.1) is 0 Å². The van der Waals surface area contributed by atoms with Crippen LogP contribution in [0.3, 0.4) is 0 Å². The zero-order chi connectivity index (χ0) is 17.3. The van der Waals surface area contributed by atoms with Gasteiger partial charge in [-0.15, -0.1) is 0 Å². The minimum absolute atomic E-state index is 0.163. The van der Waals surface area contributed by atoms with Gasteiger partial charge in [-0.2, -0.15) is 0 Å². The number of carbonyl (C=O) groups is 2. The number of amides is 2. The quantitative estimate of drug-likeness (QED) is 0.924. The molecule has 4 heteroatoms. The molecule has 0 radical (unpaired) electrons. The van der Waals surface area contributed by atoms with Crippen molar-refractivity contribution in [1.82, 2.24) is 10.2 Å². The number of rotatable bonds is 4. The highest BCUT2D eigenvalue weighted by Gasteiger charge is 2.41. The number of hydrogen-bond donors (Lipinski definition) is 1. The van der Waals surface area contributed by atoms with Crippen LogP contribution in [0.1, 0.15) is 45.1 Å². The second-order valence-electron chi connectivity index (χ2n) is 8.08. The van der Waals surface area contributed by atoms with Crippen molar-refractivity contribution < 1.29 is 9.59 Å². The molecule has 1 saturated carbocycles. The molecule has 4 nitrogen and oxygen atoms in total. The molecular formula is C20H28N2O2. The van der Waals surface area contributed by atoms with Crippen LogP contribution in [-0.4, -0.2) is 36.3 Å². The van der Waals surface area contributed by atoms with Crippen molar-refractivity contribution in [3.8, 4) is 0 Å². The van der Waals surface area contributed by atoms with Crippen molar-refractivity contribution in [3.05, 3.63) is 35.9 Å². The molecule has 1 aliphatic heterocycles. The molecule has 1 saturated heterocycles. The van der Waals surface area contributed by atoms with Gasteiger partial charge in [0.25, 0.3) is 0 Å². The maximum absolute atomic E-state index is 12.8. The van der Waals surface area contributed by atoms with Crippen molar-refractivity contribution >= 4 is 11.8 Å². The first-order valence-corrected chi connectivity index (χ1v) is 8.94. The summed E-state index contributed by atoms with van der Waals surface area (Å²) in [6, 6.07) is 10.5. The molecule has 0 unspecified atom stereocenters. The lowest BCUT2D eigenvalue weighted by Crippen LogP contribution is -2.39. The van der Waals surface area contributed by atoms with E-state index in [1.165, 1.54) is 5.56 Å². The van der Waals surface area contributed by atoms with E-state index in [4.69, 9.17) is 0 Å². The van der Waals surface area contributed by atoms with Crippen LogP contribution < -0.4 is 5.32 Å². The fourth-order valence-electron chi connectivity index (χ4n) is 4.25. The van der Waals surface area contributed by atoms with Crippen LogP contribution in [0.5, 0.6) is 0 Å². The topological polar surface area (TPSA) is 49.4 Å². The lowest BCUT2D eigenvalue weighted by Gasteiger charge is -2.30. The predicted molar refractivity (Wildman–Crippen MR) is 94.5 cm³/mol. The van der Waals surface area contributed by atoms with E-state index < -0.39 is 0 Å². The zero-order valence-corrected chi connectivity index (χ0v) is 14.9. The summed E-state index contributed by atoms with van der Waals surface area (Å²) in [6.07, 6.45) is 3.11. The number of nitrogens with one attached hydrogen (secondary N) is 1. The van der Waals surface area contributed by atoms with E-state index in [9.17, 15) is 9.59 Å². The predicted octanol–water partition coefficient (Wildman–Crippen LogP) is 2.73. The normalized spacial score (nSPS) is 26.6. The van der Waals surface area contributed by atoms with Gasteiger partial charge in [0.2, 0.25) is 11.8 Å². The molecule has 1 heterocycles. The van der Waals surface area contributed by atoms with Crippen LogP contribution in [0, 0.1) is 11.8 Å². The van der Waals surface area contributed by atoms with Crippen LogP contribution in [0.25, 0.3) is 0 Å². The Kier molecular flexibility index (Phi) is 4.66. The average molecular weight is 328 g/mol. The van der Waals surface area contributed by atoms with Crippen LogP contribution in [0.2, 0.25) is 0 Å². The van der Waals surface area contributed by atoms with Crippen LogP contribution in [0.15, 0.2) is 30.3 Å². The van der Waals surface area contributed by atoms with Crippen LogP contribution >= 0.6 is 0 Å². The molecule has 3 rings (SSSR count). The summed E-state index contributed by atoms with van der Waals surface area (Å²) in [4.78, 5) is 26.3. The standard InChI is InChI=1S/C20H28N2O2/c1-20(2,16-7-5-4-6-8-16)12-19(24)22(3)17-9-14-11-18(23)21-13-15(14)10-17/h4-8,14-15,17H,9-13H2,1-3H3,(H,21,23)/t14-,15+,17-/m1/s1. The fraction of sp³-hybridized carbons (Fsp3) is 0.600. The third-order valence-electron chi connectivity index (χ3n) is 5.91. The second-order valence-corrected chi connectivity index (χ2v) is 8.08. The lowest BCUT2D eigenvalue weighted by molar-refractivity contribution is -0.133. The smallest absolute Gasteiger partial charge is 0.223 e. The number of piperidine rings is 1. The Morgan fingerprint density at radius 3 is 2.58 bits per heavy atom. The first-order chi connectivity index (χ1) is 11.4. The average Bonchev–Trinajstić information content (AvgIpc) is 2.97. The van der Waals surface area contributed by atoms with Gasteiger partial charge in [-0.3, -0.25) is 9.59 Å². The SMILES string of the molecule is CN(C(=O)CC(C)(C)c1ccccc1)[C@H]1C[C@H]2CNC(=O)C[C@H]2C1. The summed E-state index contributed by atoms with van der Waals surface area (Å²) < 4.78 is 0. The molecule has 1 aromatic rings. The Hall–Kier alpha value is -1.84. The van der Waals surface area contributed by atoms with Gasteiger partial charge in [0.15, 0.2) is 0 Å². The van der Waals surface area contributed by atoms with Crippen molar-refractivity contribution in [3.63, 3.8) is 0 Å². The van der Waals surface area contributed by atoms with Gasteiger partial charge in [-0.1, -0.05) is 44.2 Å². The van der Waals surface area contributed by atoms with E-state index in [1.807, 2.05) is 30.1 Å². The second kappa shape index (κ2) is 6.58. The van der Waals surface area contributed by atoms with E-state index in [0.717, 1.165) is 19.4 Å². The Labute approximate surface area is 144 Å². The largest absolute Gasteiger partial charge is 0.356 e. The Morgan fingerprint density at radius 2 is 1.88 bits per heavy atom. The number of hydrogen-bond acceptors (Lipinski definition) is 2. The fourth-order valence-corrected chi connectivity index (χ4v) is 4.25. The maximum Gasteiger partial charge on any atom is 0.223 e. The van der Waals surface area contributed by atoms with Crippen LogP contribution in [-0.2, 0) is 15.0 Å². The Bertz CT molecular complexity index is 611. The monoisotopic (exact) mass is 328 g/mol. The molecule has 1 aromatic carbocycles. The van der Waals surface area contributed by atoms with Gasteiger partial charge in [-0.05, 0) is 35.7 Å². The molecule has 1 aliphatic carbocycles. The van der Waals surface area contributed by atoms with Crippen molar-refractivity contribution in [1.29, 1.82) is 0 Å². The van der Waals surface area contributed by atoms with E-state index in [-0.39, 0.29) is 23.3 Å². The molecule has 0 bridgehead atoms. The van der Waals surface area contributed by atoms with Gasteiger partial charge in [-0.25, -0.2) is 0 Å². The summed E-state index contributed by atoms with van der Waals surface area (Å²) in [5, 5.41) is 2.96. The molecule has 0 aromatic heterocycles. The molecular weight excluding hydrogens is 300 g/mol. The molecule has 3 atom stereocenters. The van der Waals surface area contributed by atoms with Gasteiger partial charge >= 0.3 is 0 Å². The highest BCUT2D eigenvalue weighted by atomic mass is 16.2. The first kappa shape index (κ1) is 17.0. The lowest BCUT2D eigenvalue weighted by atomic mass is 9.81. The van der Waals surface area contributed by atoms with E-state index in [0.29, 0.717) is 24.7 Å². The number of fused-ring (bicyclic) bond motifs is 1. The molecule has 2 fully saturated rings. The summed E-state index contributed by atoms with van der Waals surface area (Å²) in [7, 11) is 1.93. The third-order valence-corrected chi connectivity index (χ3v) is 5.91. The van der Waals surface area contributed by atoms with Gasteiger partial charge < -0.3 is 10.2 Å². The Morgan fingerprint density at radius 1 is 1.21 bits per heavy atom. The molecule has 1 N–H and O–H groups in total. The van der Waals surface area contributed by atoms with Crippen molar-refractivity contribution in [2.75, 3.05) is 13.6 Å². The molecule has 130 valence electrons. The highest BCUT2D eigenvalue weighted by Crippen LogP contribution is 2.39. The van der Waals surface area contributed by atoms with Crippen molar-refractivity contribution in [2.24, 2.45) is 11.8 Å². The van der Waals surface area contributed by atoms with Gasteiger partial charge in [0.1, 0.15) is 0 Å². The molecule has 2 aliphatic rings. The number of nitrogens with zero attached hydrogens (tertiary/aromatic N) is 1. The minimum atomic E-state index is -0.171. The number of carbonyl (C=O) groups excluding carboxylic acids is 2. The highest BCUT2D eigenvalue weighted by molar-refractivity contribution is 5.78. The summed E-state index contributed by atoms with van der Waals surface area (Å²) in [6.45, 7) is 5.04. The molecule has 0 spiro atoms. The Balaban J connectivity index is 1.62. The van der Waals surface area contributed by atoms with Crippen LogP contribution in [0.4, 0.5) is 0 Å². The minimum Gasteiger partial charge on any atom is -0.356 e. The summed E-state index contributed by atoms with van der Waals surface area (Å²) in [5.41, 5.74) is 1.02. The van der Waals surface area contributed by atoms with Crippen molar-refractivity contribution in [2.45, 2.75) is 51.0 Å². The number of benzene rings is 1. The maximum atomic E-state index is 12.8. The van der Waals surface area contributed by atoms with E-state index in [1.54, 1.807) is 0 Å². The van der Waals surface area contributed by atoms with Gasteiger partial charge in [0, 0.05) is 32.5 Å². The van der Waals surface area contributed by atoms with E-state index >= 15 is 0 Å². The van der Waals surface area contributed by atoms with E-state index in [2.05, 4.69) is 31.3 Å². The molecule has 2 amide bonds.